The molecule has 176 valence electrons. The third-order valence-corrected chi connectivity index (χ3v) is 6.38. The lowest BCUT2D eigenvalue weighted by Gasteiger charge is -2.25. The fourth-order valence-corrected chi connectivity index (χ4v) is 4.61. The number of carbonyl (C=O) groups excluding carboxylic acids is 2. The molecule has 1 unspecified atom stereocenters. The number of hydrogen-bond donors (Lipinski definition) is 2. The highest BCUT2D eigenvalue weighted by atomic mass is 19.1. The lowest BCUT2D eigenvalue weighted by molar-refractivity contribution is -0.139. The summed E-state index contributed by atoms with van der Waals surface area (Å²) in [6.07, 6.45) is 2.26. The number of halogens is 1. The van der Waals surface area contributed by atoms with Gasteiger partial charge in [0.05, 0.1) is 18.7 Å². The van der Waals surface area contributed by atoms with Gasteiger partial charge in [-0.15, -0.1) is 0 Å². The number of H-pyrrole nitrogens is 1. The van der Waals surface area contributed by atoms with Gasteiger partial charge in [-0.3, -0.25) is 9.59 Å². The van der Waals surface area contributed by atoms with Crippen LogP contribution in [0.5, 0.6) is 5.75 Å². The molecule has 1 fully saturated rings. The number of aliphatic hydroxyl groups excluding tert-OH is 1. The number of methoxy groups -OCH3 is 1. The van der Waals surface area contributed by atoms with E-state index in [1.54, 1.807) is 49.6 Å². The molecule has 1 aromatic heterocycles. The Hall–Kier alpha value is -4.39. The van der Waals surface area contributed by atoms with Crippen LogP contribution in [0.25, 0.3) is 16.7 Å². The van der Waals surface area contributed by atoms with Crippen LogP contribution in [0.3, 0.4) is 0 Å². The van der Waals surface area contributed by atoms with Crippen LogP contribution in [-0.4, -0.2) is 40.3 Å². The maximum Gasteiger partial charge on any atom is 0.295 e. The molecule has 0 spiro atoms. The average Bonchev–Trinajstić information content (AvgIpc) is 3.40. The highest BCUT2D eigenvalue weighted by Crippen LogP contribution is 2.40. The van der Waals surface area contributed by atoms with Crippen molar-refractivity contribution in [2.45, 2.75) is 12.5 Å². The first kappa shape index (κ1) is 22.4. The lowest BCUT2D eigenvalue weighted by Crippen LogP contribution is -2.32. The molecule has 0 aliphatic carbocycles. The van der Waals surface area contributed by atoms with E-state index in [0.29, 0.717) is 17.7 Å². The predicted octanol–water partition coefficient (Wildman–Crippen LogP) is 4.98. The summed E-state index contributed by atoms with van der Waals surface area (Å²) < 4.78 is 20.3. The molecule has 5 rings (SSSR count). The maximum absolute atomic E-state index is 14.9. The van der Waals surface area contributed by atoms with Gasteiger partial charge in [0.2, 0.25) is 0 Å². The first-order valence-electron chi connectivity index (χ1n) is 11.2. The Morgan fingerprint density at radius 3 is 2.54 bits per heavy atom. The van der Waals surface area contributed by atoms with Crippen molar-refractivity contribution < 1.29 is 23.8 Å². The summed E-state index contributed by atoms with van der Waals surface area (Å²) in [6.45, 7) is 0.152. The molecule has 6 nitrogen and oxygen atoms in total. The average molecular weight is 471 g/mol. The molecular formula is C28H23FN2O4. The third kappa shape index (κ3) is 3.95. The van der Waals surface area contributed by atoms with Gasteiger partial charge in [-0.1, -0.05) is 48.5 Å². The number of likely N-dealkylation sites (tertiary alicyclic amines) is 1. The number of nitrogens with one attached hydrogen (secondary N) is 1. The van der Waals surface area contributed by atoms with E-state index < -0.39 is 23.5 Å². The Balaban J connectivity index is 1.56. The van der Waals surface area contributed by atoms with Crippen LogP contribution in [0.2, 0.25) is 0 Å². The number of Topliss-reactive ketones (excluding diaryl/α,β-unsaturated/α-hetero) is 1. The summed E-state index contributed by atoms with van der Waals surface area (Å²) in [5, 5.41) is 12.0. The van der Waals surface area contributed by atoms with E-state index in [9.17, 15) is 19.1 Å². The lowest BCUT2D eigenvalue weighted by atomic mass is 9.95. The minimum atomic E-state index is -1.05. The van der Waals surface area contributed by atoms with Crippen LogP contribution in [0.1, 0.15) is 22.7 Å². The largest absolute Gasteiger partial charge is 0.507 e. The molecule has 2 N–H and O–H groups in total. The van der Waals surface area contributed by atoms with Crippen molar-refractivity contribution in [3.63, 3.8) is 0 Å². The highest BCUT2D eigenvalue weighted by molar-refractivity contribution is 6.46. The Labute approximate surface area is 201 Å². The van der Waals surface area contributed by atoms with Crippen LogP contribution < -0.4 is 4.74 Å². The number of fused-ring (bicyclic) bond motifs is 1. The number of nitrogens with zero attached hydrogens (tertiary/aromatic N) is 1. The second-order valence-electron chi connectivity index (χ2n) is 8.36. The van der Waals surface area contributed by atoms with E-state index in [2.05, 4.69) is 4.98 Å². The number of benzene rings is 3. The van der Waals surface area contributed by atoms with Crippen LogP contribution in [-0.2, 0) is 16.0 Å². The number of aromatic nitrogens is 1. The molecule has 4 aromatic rings. The van der Waals surface area contributed by atoms with E-state index in [-0.39, 0.29) is 23.4 Å². The van der Waals surface area contributed by atoms with Gasteiger partial charge in [0.15, 0.2) is 0 Å². The molecule has 7 heteroatoms. The summed E-state index contributed by atoms with van der Waals surface area (Å²) in [5.41, 5.74) is 2.26. The SMILES string of the molecule is COc1ccc2[nH]cc(CCN3C(=O)C(=O)/C(=C(\O)c4ccccc4)C3c3ccccc3F)c2c1. The summed E-state index contributed by atoms with van der Waals surface area (Å²) in [4.78, 5) is 30.8. The molecule has 0 bridgehead atoms. The van der Waals surface area contributed by atoms with Crippen LogP contribution >= 0.6 is 0 Å². The van der Waals surface area contributed by atoms with Gasteiger partial charge in [-0.05, 0) is 36.2 Å². The van der Waals surface area contributed by atoms with Gasteiger partial charge in [0.25, 0.3) is 11.7 Å². The first-order chi connectivity index (χ1) is 17.0. The van der Waals surface area contributed by atoms with Gasteiger partial charge in [0, 0.05) is 34.8 Å². The molecule has 0 radical (unpaired) electrons. The van der Waals surface area contributed by atoms with Crippen molar-refractivity contribution in [3.8, 4) is 5.75 Å². The smallest absolute Gasteiger partial charge is 0.295 e. The fourth-order valence-electron chi connectivity index (χ4n) is 4.61. The molecule has 1 saturated heterocycles. The summed E-state index contributed by atoms with van der Waals surface area (Å²) in [7, 11) is 1.59. The number of ketones is 1. The van der Waals surface area contributed by atoms with Crippen LogP contribution in [0.15, 0.2) is 84.6 Å². The monoisotopic (exact) mass is 470 g/mol. The fraction of sp³-hybridized carbons (Fsp3) is 0.143. The molecule has 2 heterocycles. The zero-order valence-electron chi connectivity index (χ0n) is 19.0. The molecule has 0 saturated carbocycles. The molecular weight excluding hydrogens is 447 g/mol. The van der Waals surface area contributed by atoms with E-state index in [4.69, 9.17) is 4.74 Å². The van der Waals surface area contributed by atoms with Crippen molar-refractivity contribution >= 4 is 28.4 Å². The van der Waals surface area contributed by atoms with Crippen molar-refractivity contribution in [1.82, 2.24) is 9.88 Å². The molecule has 1 amide bonds. The highest BCUT2D eigenvalue weighted by Gasteiger charge is 2.46. The summed E-state index contributed by atoms with van der Waals surface area (Å²) in [5.74, 6) is -1.78. The standard InChI is InChI=1S/C28H23FN2O4/c1-35-19-11-12-23-21(15-19)18(16-30-23)13-14-31-25(20-9-5-6-10-22(20)29)24(27(33)28(31)34)26(32)17-7-3-2-4-8-17/h2-12,15-16,25,30,32H,13-14H2,1H3/b26-24-. The minimum absolute atomic E-state index is 0.119. The van der Waals surface area contributed by atoms with Crippen molar-refractivity contribution in [2.75, 3.05) is 13.7 Å². The number of rotatable bonds is 6. The number of carbonyl (C=O) groups is 2. The third-order valence-electron chi connectivity index (χ3n) is 6.38. The second kappa shape index (κ2) is 9.10. The zero-order valence-corrected chi connectivity index (χ0v) is 19.0. The quantitative estimate of drug-likeness (QED) is 0.237. The number of amides is 1. The van der Waals surface area contributed by atoms with Crippen molar-refractivity contribution in [2.24, 2.45) is 0 Å². The normalized spacial score (nSPS) is 17.3. The Bertz CT molecular complexity index is 1460. The van der Waals surface area contributed by atoms with Gasteiger partial charge in [-0.2, -0.15) is 0 Å². The van der Waals surface area contributed by atoms with Crippen molar-refractivity contribution in [1.29, 1.82) is 0 Å². The Kier molecular flexibility index (Phi) is 5.82. The van der Waals surface area contributed by atoms with Gasteiger partial charge in [0.1, 0.15) is 17.3 Å². The van der Waals surface area contributed by atoms with Crippen LogP contribution in [0, 0.1) is 5.82 Å². The van der Waals surface area contributed by atoms with Gasteiger partial charge >= 0.3 is 0 Å². The molecule has 1 aliphatic rings. The molecule has 3 aromatic carbocycles. The minimum Gasteiger partial charge on any atom is -0.507 e. The Morgan fingerprint density at radius 1 is 1.06 bits per heavy atom. The number of hydrogen-bond acceptors (Lipinski definition) is 4. The number of aromatic amines is 1. The first-order valence-corrected chi connectivity index (χ1v) is 11.2. The van der Waals surface area contributed by atoms with E-state index >= 15 is 0 Å². The van der Waals surface area contributed by atoms with E-state index in [1.807, 2.05) is 24.4 Å². The Morgan fingerprint density at radius 2 is 1.80 bits per heavy atom. The maximum atomic E-state index is 14.9. The summed E-state index contributed by atoms with van der Waals surface area (Å²) in [6, 6.07) is 19.1. The molecule has 35 heavy (non-hydrogen) atoms. The number of aliphatic hydroxyl groups is 1. The number of ether oxygens (including phenoxy) is 1. The zero-order chi connectivity index (χ0) is 24.5. The van der Waals surface area contributed by atoms with Crippen LogP contribution in [0.4, 0.5) is 4.39 Å². The van der Waals surface area contributed by atoms with E-state index in [1.165, 1.54) is 17.0 Å². The predicted molar refractivity (Wildman–Crippen MR) is 130 cm³/mol. The van der Waals surface area contributed by atoms with Gasteiger partial charge < -0.3 is 19.7 Å². The van der Waals surface area contributed by atoms with E-state index in [0.717, 1.165) is 16.5 Å². The topological polar surface area (TPSA) is 82.6 Å². The van der Waals surface area contributed by atoms with Gasteiger partial charge in [-0.25, -0.2) is 4.39 Å². The molecule has 1 aliphatic heterocycles. The summed E-state index contributed by atoms with van der Waals surface area (Å²) >= 11 is 0. The van der Waals surface area contributed by atoms with Crippen molar-refractivity contribution in [3.05, 3.63) is 107 Å². The molecule has 1 atom stereocenters. The second-order valence-corrected chi connectivity index (χ2v) is 8.36.